The molecule has 0 amide bonds. The van der Waals surface area contributed by atoms with E-state index in [0.717, 1.165) is 19.4 Å². The normalized spacial score (nSPS) is 19.8. The van der Waals surface area contributed by atoms with E-state index in [1.54, 1.807) is 12.3 Å². The molecule has 0 spiro atoms. The van der Waals surface area contributed by atoms with Gasteiger partial charge in [0.1, 0.15) is 11.4 Å². The molecule has 3 rings (SSSR count). The smallest absolute Gasteiger partial charge is 0.341 e. The number of hydrogen-bond acceptors (Lipinski definition) is 5. The summed E-state index contributed by atoms with van der Waals surface area (Å²) in [7, 11) is 0. The van der Waals surface area contributed by atoms with E-state index in [0.29, 0.717) is 18.0 Å². The lowest BCUT2D eigenvalue weighted by atomic mass is 10.1. The van der Waals surface area contributed by atoms with E-state index in [-0.39, 0.29) is 11.7 Å². The number of piperidine rings is 1. The molecular formula is C12H14N4O3. The van der Waals surface area contributed by atoms with Crippen LogP contribution >= 0.6 is 0 Å². The maximum absolute atomic E-state index is 11.1. The molecule has 0 radical (unpaired) electrons. The van der Waals surface area contributed by atoms with Crippen molar-refractivity contribution < 1.29 is 15.0 Å². The van der Waals surface area contributed by atoms with Crippen molar-refractivity contribution in [2.24, 2.45) is 0 Å². The minimum absolute atomic E-state index is 0.0828. The van der Waals surface area contributed by atoms with Crippen LogP contribution < -0.4 is 4.90 Å². The number of carbonyl (C=O) groups is 1. The molecule has 2 N–H and O–H groups in total. The zero-order valence-electron chi connectivity index (χ0n) is 10.2. The van der Waals surface area contributed by atoms with Crippen molar-refractivity contribution in [2.45, 2.75) is 18.9 Å². The summed E-state index contributed by atoms with van der Waals surface area (Å²) in [6.07, 6.45) is 4.32. The van der Waals surface area contributed by atoms with Crippen molar-refractivity contribution >= 4 is 17.4 Å². The second-order valence-corrected chi connectivity index (χ2v) is 4.66. The van der Waals surface area contributed by atoms with Gasteiger partial charge in [0.2, 0.25) is 0 Å². The summed E-state index contributed by atoms with van der Waals surface area (Å²) in [6.45, 7) is 1.34. The van der Waals surface area contributed by atoms with Gasteiger partial charge < -0.3 is 15.1 Å². The molecular weight excluding hydrogens is 248 g/mol. The Morgan fingerprint density at radius 2 is 2.32 bits per heavy atom. The quantitative estimate of drug-likeness (QED) is 0.813. The Bertz CT molecular complexity index is 624. The number of hydrogen-bond donors (Lipinski definition) is 2. The monoisotopic (exact) mass is 262 g/mol. The number of aliphatic hydroxyl groups is 1. The van der Waals surface area contributed by atoms with Crippen LogP contribution in [-0.4, -0.2) is 50.0 Å². The van der Waals surface area contributed by atoms with Gasteiger partial charge in [-0.2, -0.15) is 5.10 Å². The average Bonchev–Trinajstić information content (AvgIpc) is 2.81. The summed E-state index contributed by atoms with van der Waals surface area (Å²) in [5, 5.41) is 22.7. The van der Waals surface area contributed by atoms with Crippen LogP contribution in [0.25, 0.3) is 5.65 Å². The Morgan fingerprint density at radius 1 is 1.47 bits per heavy atom. The van der Waals surface area contributed by atoms with Crippen molar-refractivity contribution in [1.82, 2.24) is 14.6 Å². The molecule has 7 nitrogen and oxygen atoms in total. The molecule has 1 atom stereocenters. The van der Waals surface area contributed by atoms with Gasteiger partial charge in [-0.3, -0.25) is 0 Å². The number of anilines is 1. The molecule has 19 heavy (non-hydrogen) atoms. The highest BCUT2D eigenvalue weighted by Crippen LogP contribution is 2.19. The summed E-state index contributed by atoms with van der Waals surface area (Å²) in [6, 6.07) is 1.78. The SMILES string of the molecule is O=C(O)c1cnn2ccc(N3CCC[C@H](O)C3)nc12. The predicted molar refractivity (Wildman–Crippen MR) is 67.4 cm³/mol. The first kappa shape index (κ1) is 11.9. The molecule has 1 saturated heterocycles. The van der Waals surface area contributed by atoms with Crippen molar-refractivity contribution in [3.05, 3.63) is 24.0 Å². The number of nitrogens with zero attached hydrogens (tertiary/aromatic N) is 4. The Morgan fingerprint density at radius 3 is 3.05 bits per heavy atom. The molecule has 2 aromatic heterocycles. The zero-order valence-corrected chi connectivity index (χ0v) is 10.2. The Balaban J connectivity index is 2.00. The van der Waals surface area contributed by atoms with E-state index in [9.17, 15) is 9.90 Å². The first-order chi connectivity index (χ1) is 9.15. The second-order valence-electron chi connectivity index (χ2n) is 4.66. The topological polar surface area (TPSA) is 91.0 Å². The van der Waals surface area contributed by atoms with E-state index in [4.69, 9.17) is 5.11 Å². The lowest BCUT2D eigenvalue weighted by Gasteiger charge is -2.30. The summed E-state index contributed by atoms with van der Waals surface area (Å²) in [5.41, 5.74) is 0.407. The molecule has 0 unspecified atom stereocenters. The molecule has 0 aliphatic carbocycles. The molecule has 1 aliphatic rings. The lowest BCUT2D eigenvalue weighted by molar-refractivity contribution is 0.0698. The highest BCUT2D eigenvalue weighted by Gasteiger charge is 2.20. The summed E-state index contributed by atoms with van der Waals surface area (Å²) < 4.78 is 1.44. The third-order valence-electron chi connectivity index (χ3n) is 3.31. The molecule has 0 saturated carbocycles. The van der Waals surface area contributed by atoms with E-state index in [1.165, 1.54) is 10.7 Å². The van der Waals surface area contributed by atoms with Crippen LogP contribution in [0.2, 0.25) is 0 Å². The standard InChI is InChI=1S/C12H14N4O3/c17-8-2-1-4-15(7-8)10-3-5-16-11(14-10)9(6-13-16)12(18)19/h3,5-6,8,17H,1-2,4,7H2,(H,18,19)/t8-/m0/s1. The lowest BCUT2D eigenvalue weighted by Crippen LogP contribution is -2.38. The third-order valence-corrected chi connectivity index (χ3v) is 3.31. The Kier molecular flexibility index (Phi) is 2.83. The van der Waals surface area contributed by atoms with Crippen LogP contribution in [0.15, 0.2) is 18.5 Å². The number of β-amino-alcohol motifs (C(OH)–C–C–N with tert-alkyl or cyclic N) is 1. The number of aromatic nitrogens is 3. The van der Waals surface area contributed by atoms with Crippen LogP contribution in [0.5, 0.6) is 0 Å². The molecule has 2 aromatic rings. The summed E-state index contributed by atoms with van der Waals surface area (Å²) in [5.74, 6) is -0.368. The van der Waals surface area contributed by atoms with Gasteiger partial charge in [-0.05, 0) is 18.9 Å². The molecule has 0 bridgehead atoms. The number of aliphatic hydroxyl groups excluding tert-OH is 1. The summed E-state index contributed by atoms with van der Waals surface area (Å²) >= 11 is 0. The van der Waals surface area contributed by atoms with Gasteiger partial charge >= 0.3 is 5.97 Å². The van der Waals surface area contributed by atoms with Crippen LogP contribution in [0.1, 0.15) is 23.2 Å². The maximum Gasteiger partial charge on any atom is 0.341 e. The molecule has 1 aliphatic heterocycles. The fourth-order valence-electron chi connectivity index (χ4n) is 2.35. The van der Waals surface area contributed by atoms with E-state index in [1.807, 2.05) is 4.90 Å². The second kappa shape index (κ2) is 4.51. The third kappa shape index (κ3) is 2.12. The number of carboxylic acids is 1. The maximum atomic E-state index is 11.1. The minimum atomic E-state index is -1.04. The molecule has 7 heteroatoms. The van der Waals surface area contributed by atoms with Crippen molar-refractivity contribution in [2.75, 3.05) is 18.0 Å². The van der Waals surface area contributed by atoms with Crippen molar-refractivity contribution in [3.8, 4) is 0 Å². The fourth-order valence-corrected chi connectivity index (χ4v) is 2.35. The van der Waals surface area contributed by atoms with E-state index in [2.05, 4.69) is 10.1 Å². The van der Waals surface area contributed by atoms with Crippen molar-refractivity contribution in [1.29, 1.82) is 0 Å². The number of fused-ring (bicyclic) bond motifs is 1. The van der Waals surface area contributed by atoms with Crippen LogP contribution in [0.3, 0.4) is 0 Å². The predicted octanol–water partition coefficient (Wildman–Crippen LogP) is 0.389. The minimum Gasteiger partial charge on any atom is -0.477 e. The molecule has 0 aromatic carbocycles. The average molecular weight is 262 g/mol. The van der Waals surface area contributed by atoms with Gasteiger partial charge in [0.15, 0.2) is 5.65 Å². The Hall–Kier alpha value is -2.15. The van der Waals surface area contributed by atoms with Gasteiger partial charge in [-0.25, -0.2) is 14.3 Å². The summed E-state index contributed by atoms with van der Waals surface area (Å²) in [4.78, 5) is 17.4. The van der Waals surface area contributed by atoms with Gasteiger partial charge in [0, 0.05) is 19.3 Å². The van der Waals surface area contributed by atoms with Gasteiger partial charge in [0.05, 0.1) is 12.3 Å². The number of aromatic carboxylic acids is 1. The fraction of sp³-hybridized carbons (Fsp3) is 0.417. The highest BCUT2D eigenvalue weighted by atomic mass is 16.4. The molecule has 1 fully saturated rings. The van der Waals surface area contributed by atoms with Crippen LogP contribution in [0, 0.1) is 0 Å². The number of carboxylic acid groups (broad SMARTS) is 1. The van der Waals surface area contributed by atoms with E-state index < -0.39 is 5.97 Å². The van der Waals surface area contributed by atoms with Gasteiger partial charge in [0.25, 0.3) is 0 Å². The highest BCUT2D eigenvalue weighted by molar-refractivity contribution is 5.94. The zero-order chi connectivity index (χ0) is 13.4. The molecule has 100 valence electrons. The van der Waals surface area contributed by atoms with Crippen LogP contribution in [0.4, 0.5) is 5.82 Å². The first-order valence-electron chi connectivity index (χ1n) is 6.16. The van der Waals surface area contributed by atoms with Gasteiger partial charge in [-0.15, -0.1) is 0 Å². The van der Waals surface area contributed by atoms with Gasteiger partial charge in [-0.1, -0.05) is 0 Å². The largest absolute Gasteiger partial charge is 0.477 e. The van der Waals surface area contributed by atoms with E-state index >= 15 is 0 Å². The van der Waals surface area contributed by atoms with Crippen molar-refractivity contribution in [3.63, 3.8) is 0 Å². The first-order valence-corrected chi connectivity index (χ1v) is 6.16. The van der Waals surface area contributed by atoms with Crippen LogP contribution in [-0.2, 0) is 0 Å². The Labute approximate surface area is 109 Å². The molecule has 3 heterocycles. The number of rotatable bonds is 2.